The van der Waals surface area contributed by atoms with Crippen molar-refractivity contribution in [3.63, 3.8) is 0 Å². The number of hydrazine groups is 1. The lowest BCUT2D eigenvalue weighted by Crippen LogP contribution is -2.76. The molecule has 2 fully saturated rings. The van der Waals surface area contributed by atoms with Gasteiger partial charge in [-0.25, -0.2) is 14.8 Å². The predicted molar refractivity (Wildman–Crippen MR) is 150 cm³/mol. The second kappa shape index (κ2) is 12.2. The molecule has 4 amide bonds. The minimum Gasteiger partial charge on any atom is -0.508 e. The van der Waals surface area contributed by atoms with Gasteiger partial charge in [0.15, 0.2) is 0 Å². The molecular formula is C31H35N5O4. The fraction of sp³-hybridized carbons (Fsp3) is 0.323. The first-order valence-corrected chi connectivity index (χ1v) is 13.7. The van der Waals surface area contributed by atoms with Crippen LogP contribution in [0.2, 0.25) is 0 Å². The molecule has 0 radical (unpaired) electrons. The van der Waals surface area contributed by atoms with Gasteiger partial charge in [0.25, 0.3) is 0 Å². The van der Waals surface area contributed by atoms with Crippen molar-refractivity contribution in [2.45, 2.75) is 45.1 Å². The molecule has 0 bridgehead atoms. The van der Waals surface area contributed by atoms with Gasteiger partial charge in [0.1, 0.15) is 18.0 Å². The van der Waals surface area contributed by atoms with E-state index in [0.717, 1.165) is 23.1 Å². The minimum atomic E-state index is -0.785. The van der Waals surface area contributed by atoms with E-state index in [1.165, 1.54) is 0 Å². The van der Waals surface area contributed by atoms with Gasteiger partial charge in [-0.15, -0.1) is 0 Å². The van der Waals surface area contributed by atoms with Crippen LogP contribution in [0.4, 0.5) is 4.79 Å². The summed E-state index contributed by atoms with van der Waals surface area (Å²) in [5.74, 6) is -0.204. The number of hydrogen-bond donors (Lipinski definition) is 2. The SMILES string of the molecule is CCCN1CC(=O)N2[C@@H](Cc3ccc(O)cc3)C(=O)N(Cc3ccccc3)C[C@@H]2N1C(=O)NCc1ccccc1. The van der Waals surface area contributed by atoms with Gasteiger partial charge in [0.05, 0.1) is 13.1 Å². The quantitative estimate of drug-likeness (QED) is 0.456. The van der Waals surface area contributed by atoms with E-state index < -0.39 is 12.2 Å². The Labute approximate surface area is 234 Å². The zero-order chi connectivity index (χ0) is 28.1. The van der Waals surface area contributed by atoms with Gasteiger partial charge in [-0.3, -0.25) is 9.59 Å². The average molecular weight is 542 g/mol. The Morgan fingerprint density at radius 3 is 2.20 bits per heavy atom. The number of urea groups is 1. The molecule has 0 spiro atoms. The number of phenols is 1. The zero-order valence-electron chi connectivity index (χ0n) is 22.6. The Kier molecular flexibility index (Phi) is 8.31. The average Bonchev–Trinajstić information content (AvgIpc) is 2.96. The van der Waals surface area contributed by atoms with Crippen molar-refractivity contribution in [2.75, 3.05) is 19.6 Å². The Balaban J connectivity index is 1.48. The minimum absolute atomic E-state index is 0.0150. The topological polar surface area (TPSA) is 96.4 Å². The molecule has 0 aliphatic carbocycles. The number of carbonyl (C=O) groups is 3. The van der Waals surface area contributed by atoms with E-state index in [2.05, 4.69) is 5.32 Å². The highest BCUT2D eigenvalue weighted by atomic mass is 16.3. The van der Waals surface area contributed by atoms with Crippen molar-refractivity contribution in [2.24, 2.45) is 0 Å². The summed E-state index contributed by atoms with van der Waals surface area (Å²) in [5, 5.41) is 16.2. The molecular weight excluding hydrogens is 506 g/mol. The molecule has 2 atom stereocenters. The van der Waals surface area contributed by atoms with Crippen molar-refractivity contribution in [3.05, 3.63) is 102 Å². The number of piperazine rings is 1. The summed E-state index contributed by atoms with van der Waals surface area (Å²) in [7, 11) is 0. The Morgan fingerprint density at radius 2 is 1.55 bits per heavy atom. The first-order chi connectivity index (χ1) is 19.4. The van der Waals surface area contributed by atoms with Crippen LogP contribution in [0.3, 0.4) is 0 Å². The highest BCUT2D eigenvalue weighted by molar-refractivity contribution is 5.91. The number of nitrogens with one attached hydrogen (secondary N) is 1. The van der Waals surface area contributed by atoms with Gasteiger partial charge < -0.3 is 20.2 Å². The molecule has 2 N–H and O–H groups in total. The third kappa shape index (κ3) is 5.94. The van der Waals surface area contributed by atoms with Gasteiger partial charge in [-0.1, -0.05) is 79.7 Å². The number of amides is 4. The van der Waals surface area contributed by atoms with E-state index in [-0.39, 0.29) is 43.1 Å². The van der Waals surface area contributed by atoms with Crippen LogP contribution in [0.25, 0.3) is 0 Å². The number of fused-ring (bicyclic) bond motifs is 1. The number of benzene rings is 3. The van der Waals surface area contributed by atoms with Crippen LogP contribution in [0.15, 0.2) is 84.9 Å². The largest absolute Gasteiger partial charge is 0.508 e. The van der Waals surface area contributed by atoms with Crippen LogP contribution in [0.1, 0.15) is 30.0 Å². The Morgan fingerprint density at radius 1 is 0.900 bits per heavy atom. The van der Waals surface area contributed by atoms with Gasteiger partial charge in [-0.05, 0) is 35.2 Å². The highest BCUT2D eigenvalue weighted by Gasteiger charge is 2.51. The van der Waals surface area contributed by atoms with Gasteiger partial charge >= 0.3 is 6.03 Å². The zero-order valence-corrected chi connectivity index (χ0v) is 22.6. The summed E-state index contributed by atoms with van der Waals surface area (Å²) in [6.07, 6.45) is 0.374. The van der Waals surface area contributed by atoms with Crippen molar-refractivity contribution in [1.82, 2.24) is 25.1 Å². The molecule has 2 saturated heterocycles. The maximum absolute atomic E-state index is 13.9. The number of nitrogens with zero attached hydrogens (tertiary/aromatic N) is 4. The first-order valence-electron chi connectivity index (χ1n) is 13.7. The molecule has 0 saturated carbocycles. The Hall–Kier alpha value is -4.37. The van der Waals surface area contributed by atoms with Crippen LogP contribution < -0.4 is 5.32 Å². The van der Waals surface area contributed by atoms with E-state index in [1.807, 2.05) is 67.6 Å². The third-order valence-corrected chi connectivity index (χ3v) is 7.39. The van der Waals surface area contributed by atoms with E-state index >= 15 is 0 Å². The summed E-state index contributed by atoms with van der Waals surface area (Å²) in [4.78, 5) is 44.7. The molecule has 2 aliphatic heterocycles. The normalized spacial score (nSPS) is 19.5. The van der Waals surface area contributed by atoms with Crippen LogP contribution in [0.5, 0.6) is 5.75 Å². The molecule has 208 valence electrons. The van der Waals surface area contributed by atoms with Crippen LogP contribution in [0, 0.1) is 0 Å². The number of rotatable bonds is 8. The third-order valence-electron chi connectivity index (χ3n) is 7.39. The number of hydrogen-bond acceptors (Lipinski definition) is 5. The molecule has 2 aliphatic rings. The van der Waals surface area contributed by atoms with Gasteiger partial charge in [0.2, 0.25) is 11.8 Å². The predicted octanol–water partition coefficient (Wildman–Crippen LogP) is 3.35. The molecule has 2 heterocycles. The van der Waals surface area contributed by atoms with E-state index in [9.17, 15) is 19.5 Å². The second-order valence-corrected chi connectivity index (χ2v) is 10.2. The first kappa shape index (κ1) is 27.2. The summed E-state index contributed by atoms with van der Waals surface area (Å²) in [6, 6.07) is 25.0. The number of aromatic hydroxyl groups is 1. The maximum Gasteiger partial charge on any atom is 0.334 e. The van der Waals surface area contributed by atoms with Gasteiger partial charge in [-0.2, -0.15) is 0 Å². The van der Waals surface area contributed by atoms with Crippen molar-refractivity contribution in [3.8, 4) is 5.75 Å². The summed E-state index contributed by atoms with van der Waals surface area (Å²) >= 11 is 0. The standard InChI is InChI=1S/C31H35N5O4/c1-2-17-34-22-29(38)35-27(18-23-13-15-26(37)16-14-23)30(39)33(20-25-11-7-4-8-12-25)21-28(35)36(34)31(40)32-19-24-9-5-3-6-10-24/h3-16,27-28,37H,2,17-22H2,1H3,(H,32,40)/t27-,28-/m0/s1. The molecule has 9 nitrogen and oxygen atoms in total. The van der Waals surface area contributed by atoms with Crippen molar-refractivity contribution < 1.29 is 19.5 Å². The molecule has 5 rings (SSSR count). The summed E-state index contributed by atoms with van der Waals surface area (Å²) in [6.45, 7) is 3.48. The summed E-state index contributed by atoms with van der Waals surface area (Å²) in [5.41, 5.74) is 2.76. The Bertz CT molecular complexity index is 1320. The van der Waals surface area contributed by atoms with Crippen LogP contribution in [-0.4, -0.2) is 74.6 Å². The molecule has 9 heteroatoms. The van der Waals surface area contributed by atoms with Crippen molar-refractivity contribution >= 4 is 17.8 Å². The monoisotopic (exact) mass is 541 g/mol. The van der Waals surface area contributed by atoms with Crippen LogP contribution in [-0.2, 0) is 29.1 Å². The highest BCUT2D eigenvalue weighted by Crippen LogP contribution is 2.29. The second-order valence-electron chi connectivity index (χ2n) is 10.2. The number of carbonyl (C=O) groups excluding carboxylic acids is 3. The van der Waals surface area contributed by atoms with Crippen molar-refractivity contribution in [1.29, 1.82) is 0 Å². The molecule has 0 aromatic heterocycles. The van der Waals surface area contributed by atoms with Crippen LogP contribution >= 0.6 is 0 Å². The number of phenolic OH excluding ortho intramolecular Hbond substituents is 1. The molecule has 40 heavy (non-hydrogen) atoms. The van der Waals surface area contributed by atoms with E-state index in [1.54, 1.807) is 44.1 Å². The smallest absolute Gasteiger partial charge is 0.334 e. The maximum atomic E-state index is 13.9. The fourth-order valence-corrected chi connectivity index (χ4v) is 5.50. The lowest BCUT2D eigenvalue weighted by molar-refractivity contribution is -0.190. The fourth-order valence-electron chi connectivity index (χ4n) is 5.50. The molecule has 0 unspecified atom stereocenters. The molecule has 3 aromatic carbocycles. The van der Waals surface area contributed by atoms with Gasteiger partial charge in [0, 0.05) is 26.1 Å². The lowest BCUT2D eigenvalue weighted by atomic mass is 9.98. The lowest BCUT2D eigenvalue weighted by Gasteiger charge is -2.55. The summed E-state index contributed by atoms with van der Waals surface area (Å²) < 4.78 is 0. The molecule has 3 aromatic rings. The van der Waals surface area contributed by atoms with E-state index in [0.29, 0.717) is 19.6 Å². The van der Waals surface area contributed by atoms with E-state index in [4.69, 9.17) is 0 Å².